The molecule has 2 nitrogen and oxygen atoms in total. The predicted octanol–water partition coefficient (Wildman–Crippen LogP) is 6.06. The monoisotopic (exact) mass is 295 g/mol. The minimum atomic E-state index is -0.0873. The second kappa shape index (κ2) is 12.1. The SMILES string of the molecule is CCCCCCCCC1=C(CCCCCCCC)C(N)O1. The Bertz CT molecular complexity index is 285. The Balaban J connectivity index is 2.07. The van der Waals surface area contributed by atoms with Gasteiger partial charge in [0.25, 0.3) is 0 Å². The van der Waals surface area contributed by atoms with E-state index in [0.29, 0.717) is 0 Å². The molecule has 1 unspecified atom stereocenters. The van der Waals surface area contributed by atoms with E-state index in [1.165, 1.54) is 94.8 Å². The Kier molecular flexibility index (Phi) is 10.7. The van der Waals surface area contributed by atoms with Gasteiger partial charge in [-0.1, -0.05) is 78.1 Å². The summed E-state index contributed by atoms with van der Waals surface area (Å²) in [5.41, 5.74) is 7.38. The molecule has 0 amide bonds. The third kappa shape index (κ3) is 7.90. The van der Waals surface area contributed by atoms with Crippen LogP contribution in [0.1, 0.15) is 104 Å². The van der Waals surface area contributed by atoms with Crippen molar-refractivity contribution >= 4 is 0 Å². The number of ether oxygens (including phenoxy) is 1. The number of rotatable bonds is 14. The van der Waals surface area contributed by atoms with Crippen molar-refractivity contribution < 1.29 is 4.74 Å². The lowest BCUT2D eigenvalue weighted by atomic mass is 9.97. The zero-order chi connectivity index (χ0) is 15.3. The minimum absolute atomic E-state index is 0.0873. The van der Waals surface area contributed by atoms with Crippen molar-refractivity contribution in [1.82, 2.24) is 0 Å². The number of hydrogen-bond acceptors (Lipinski definition) is 2. The topological polar surface area (TPSA) is 35.2 Å². The van der Waals surface area contributed by atoms with Crippen molar-refractivity contribution in [2.75, 3.05) is 0 Å². The molecule has 2 N–H and O–H groups in total. The van der Waals surface area contributed by atoms with Gasteiger partial charge in [0.15, 0.2) is 6.23 Å². The maximum atomic E-state index is 5.97. The molecule has 2 heteroatoms. The lowest BCUT2D eigenvalue weighted by Crippen LogP contribution is -2.35. The van der Waals surface area contributed by atoms with E-state index in [9.17, 15) is 0 Å². The van der Waals surface area contributed by atoms with Crippen LogP contribution >= 0.6 is 0 Å². The number of nitrogens with two attached hydrogens (primary N) is 1. The van der Waals surface area contributed by atoms with Gasteiger partial charge in [-0.15, -0.1) is 0 Å². The smallest absolute Gasteiger partial charge is 0.173 e. The predicted molar refractivity (Wildman–Crippen MR) is 92.1 cm³/mol. The molecule has 0 aromatic rings. The third-order valence-corrected chi connectivity index (χ3v) is 4.53. The van der Waals surface area contributed by atoms with Crippen molar-refractivity contribution in [3.63, 3.8) is 0 Å². The molecule has 1 rings (SSSR count). The van der Waals surface area contributed by atoms with E-state index < -0.39 is 0 Å². The molecule has 1 aliphatic rings. The van der Waals surface area contributed by atoms with E-state index >= 15 is 0 Å². The molecule has 1 heterocycles. The van der Waals surface area contributed by atoms with Gasteiger partial charge in [-0.25, -0.2) is 0 Å². The maximum Gasteiger partial charge on any atom is 0.173 e. The number of unbranched alkanes of at least 4 members (excludes halogenated alkanes) is 10. The standard InChI is InChI=1S/C19H37NO/c1-3-5-7-9-11-13-15-17-18(21-19(17)20)16-14-12-10-8-6-4-2/h19H,3-16,20H2,1-2H3. The molecule has 0 saturated heterocycles. The third-order valence-electron chi connectivity index (χ3n) is 4.53. The molecule has 0 aromatic heterocycles. The van der Waals surface area contributed by atoms with Gasteiger partial charge < -0.3 is 4.74 Å². The summed E-state index contributed by atoms with van der Waals surface area (Å²) in [5, 5.41) is 0. The average Bonchev–Trinajstić information content (AvgIpc) is 2.48. The van der Waals surface area contributed by atoms with Gasteiger partial charge in [0.1, 0.15) is 5.76 Å². The second-order valence-electron chi connectivity index (χ2n) is 6.52. The lowest BCUT2D eigenvalue weighted by molar-refractivity contribution is 0.0755. The molecule has 0 aromatic carbocycles. The first-order chi connectivity index (χ1) is 10.3. The summed E-state index contributed by atoms with van der Waals surface area (Å²) in [5.74, 6) is 1.23. The highest BCUT2D eigenvalue weighted by Gasteiger charge is 2.26. The summed E-state index contributed by atoms with van der Waals surface area (Å²) < 4.78 is 5.63. The largest absolute Gasteiger partial charge is 0.476 e. The molecule has 0 radical (unpaired) electrons. The first-order valence-corrected chi connectivity index (χ1v) is 9.43. The molecule has 21 heavy (non-hydrogen) atoms. The quantitative estimate of drug-likeness (QED) is 0.395. The Morgan fingerprint density at radius 3 is 1.71 bits per heavy atom. The van der Waals surface area contributed by atoms with Crippen LogP contribution < -0.4 is 5.73 Å². The fourth-order valence-corrected chi connectivity index (χ4v) is 3.06. The van der Waals surface area contributed by atoms with Gasteiger partial charge >= 0.3 is 0 Å². The van der Waals surface area contributed by atoms with E-state index in [-0.39, 0.29) is 6.23 Å². The summed E-state index contributed by atoms with van der Waals surface area (Å²) in [6.07, 6.45) is 18.4. The minimum Gasteiger partial charge on any atom is -0.476 e. The molecular formula is C19H37NO. The van der Waals surface area contributed by atoms with Crippen molar-refractivity contribution in [3.8, 4) is 0 Å². The first-order valence-electron chi connectivity index (χ1n) is 9.43. The maximum absolute atomic E-state index is 5.97. The zero-order valence-corrected chi connectivity index (χ0v) is 14.5. The highest BCUT2D eigenvalue weighted by atomic mass is 16.5. The van der Waals surface area contributed by atoms with E-state index in [0.717, 1.165) is 6.42 Å². The average molecular weight is 296 g/mol. The van der Waals surface area contributed by atoms with Gasteiger partial charge in [0, 0.05) is 12.0 Å². The number of hydrogen-bond donors (Lipinski definition) is 1. The molecule has 0 bridgehead atoms. The summed E-state index contributed by atoms with van der Waals surface area (Å²) >= 11 is 0. The van der Waals surface area contributed by atoms with Gasteiger partial charge in [-0.2, -0.15) is 0 Å². The van der Waals surface area contributed by atoms with Crippen LogP contribution in [0.4, 0.5) is 0 Å². The Morgan fingerprint density at radius 2 is 1.19 bits per heavy atom. The Morgan fingerprint density at radius 1 is 0.714 bits per heavy atom. The molecule has 0 saturated carbocycles. The van der Waals surface area contributed by atoms with Crippen LogP contribution in [0.15, 0.2) is 11.3 Å². The Hall–Kier alpha value is -0.500. The molecular weight excluding hydrogens is 258 g/mol. The van der Waals surface area contributed by atoms with Crippen molar-refractivity contribution in [2.24, 2.45) is 5.73 Å². The number of allylic oxidation sites excluding steroid dienone is 1. The molecule has 0 aliphatic carbocycles. The van der Waals surface area contributed by atoms with Crippen LogP contribution in [0.3, 0.4) is 0 Å². The fourth-order valence-electron chi connectivity index (χ4n) is 3.06. The van der Waals surface area contributed by atoms with Crippen LogP contribution in [0.5, 0.6) is 0 Å². The van der Waals surface area contributed by atoms with Crippen LogP contribution in [0, 0.1) is 0 Å². The van der Waals surface area contributed by atoms with Gasteiger partial charge in [0.2, 0.25) is 0 Å². The molecule has 124 valence electrons. The van der Waals surface area contributed by atoms with E-state index in [1.807, 2.05) is 0 Å². The van der Waals surface area contributed by atoms with Crippen molar-refractivity contribution in [1.29, 1.82) is 0 Å². The molecule has 1 atom stereocenters. The van der Waals surface area contributed by atoms with Crippen molar-refractivity contribution in [3.05, 3.63) is 11.3 Å². The molecule has 0 spiro atoms. The van der Waals surface area contributed by atoms with E-state index in [4.69, 9.17) is 10.5 Å². The second-order valence-corrected chi connectivity index (χ2v) is 6.52. The molecule has 0 fully saturated rings. The first kappa shape index (κ1) is 18.5. The van der Waals surface area contributed by atoms with E-state index in [1.54, 1.807) is 0 Å². The summed E-state index contributed by atoms with van der Waals surface area (Å²) in [6.45, 7) is 4.53. The summed E-state index contributed by atoms with van der Waals surface area (Å²) in [6, 6.07) is 0. The van der Waals surface area contributed by atoms with Gasteiger partial charge in [-0.3, -0.25) is 5.73 Å². The van der Waals surface area contributed by atoms with Gasteiger partial charge in [0.05, 0.1) is 0 Å². The highest BCUT2D eigenvalue weighted by Crippen LogP contribution is 2.32. The van der Waals surface area contributed by atoms with Gasteiger partial charge in [-0.05, 0) is 19.3 Å². The van der Waals surface area contributed by atoms with Crippen LogP contribution in [0.2, 0.25) is 0 Å². The molecule has 1 aliphatic heterocycles. The van der Waals surface area contributed by atoms with Crippen molar-refractivity contribution in [2.45, 2.75) is 110 Å². The normalized spacial score (nSPS) is 17.8. The highest BCUT2D eigenvalue weighted by molar-refractivity contribution is 5.21. The summed E-state index contributed by atoms with van der Waals surface area (Å²) in [7, 11) is 0. The van der Waals surface area contributed by atoms with Crippen LogP contribution in [-0.2, 0) is 4.74 Å². The fraction of sp³-hybridized carbons (Fsp3) is 0.895. The Labute approximate surface area is 132 Å². The van der Waals surface area contributed by atoms with Crippen LogP contribution in [-0.4, -0.2) is 6.23 Å². The van der Waals surface area contributed by atoms with E-state index in [2.05, 4.69) is 13.8 Å². The zero-order valence-electron chi connectivity index (χ0n) is 14.5. The lowest BCUT2D eigenvalue weighted by Gasteiger charge is -2.32. The van der Waals surface area contributed by atoms with Crippen LogP contribution in [0.25, 0.3) is 0 Å². The summed E-state index contributed by atoms with van der Waals surface area (Å²) in [4.78, 5) is 0.